The maximum atomic E-state index is 13.1. The predicted molar refractivity (Wildman–Crippen MR) is 96.2 cm³/mol. The number of guanidine groups is 1. The minimum Gasteiger partial charge on any atom is -0.357 e. The molecule has 0 aliphatic rings. The van der Waals surface area contributed by atoms with Crippen molar-refractivity contribution < 1.29 is 12.8 Å². The van der Waals surface area contributed by atoms with Crippen molar-refractivity contribution in [1.29, 1.82) is 0 Å². The van der Waals surface area contributed by atoms with Crippen LogP contribution in [0.4, 0.5) is 4.39 Å². The number of hydrogen-bond donors (Lipinski definition) is 3. The average molecular weight is 358 g/mol. The van der Waals surface area contributed by atoms with Gasteiger partial charge < -0.3 is 10.6 Å². The fourth-order valence-electron chi connectivity index (χ4n) is 1.96. The van der Waals surface area contributed by atoms with Crippen LogP contribution in [0.2, 0.25) is 0 Å². The summed E-state index contributed by atoms with van der Waals surface area (Å²) in [7, 11) is -3.14. The van der Waals surface area contributed by atoms with Crippen molar-refractivity contribution in [1.82, 2.24) is 15.4 Å². The summed E-state index contributed by atoms with van der Waals surface area (Å²) >= 11 is 0. The van der Waals surface area contributed by atoms with Crippen molar-refractivity contribution in [2.24, 2.45) is 4.99 Å². The summed E-state index contributed by atoms with van der Waals surface area (Å²) in [4.78, 5) is 4.39. The number of benzene rings is 1. The fourth-order valence-corrected chi connectivity index (χ4v) is 2.62. The van der Waals surface area contributed by atoms with Crippen LogP contribution in [-0.2, 0) is 16.4 Å². The highest BCUT2D eigenvalue weighted by Gasteiger charge is 2.04. The third-order valence-corrected chi connectivity index (χ3v) is 4.65. The number of hydrogen-bond acceptors (Lipinski definition) is 3. The van der Waals surface area contributed by atoms with E-state index in [4.69, 9.17) is 0 Å². The average Bonchev–Trinajstić information content (AvgIpc) is 2.54. The van der Waals surface area contributed by atoms with Crippen LogP contribution in [0.15, 0.2) is 29.3 Å². The molecule has 1 aromatic carbocycles. The van der Waals surface area contributed by atoms with Gasteiger partial charge in [0, 0.05) is 26.2 Å². The van der Waals surface area contributed by atoms with Gasteiger partial charge >= 0.3 is 0 Å². The van der Waals surface area contributed by atoms with E-state index in [2.05, 4.69) is 20.3 Å². The summed E-state index contributed by atoms with van der Waals surface area (Å²) in [5, 5.41) is 6.31. The van der Waals surface area contributed by atoms with Gasteiger partial charge in [0.25, 0.3) is 0 Å². The molecule has 8 heteroatoms. The van der Waals surface area contributed by atoms with Gasteiger partial charge in [-0.1, -0.05) is 12.1 Å². The molecule has 0 atom stereocenters. The van der Waals surface area contributed by atoms with E-state index >= 15 is 0 Å². The fraction of sp³-hybridized carbons (Fsp3) is 0.562. The third kappa shape index (κ3) is 8.83. The van der Waals surface area contributed by atoms with E-state index in [0.717, 1.165) is 12.1 Å². The largest absolute Gasteiger partial charge is 0.357 e. The van der Waals surface area contributed by atoms with Gasteiger partial charge in [0.05, 0.1) is 5.75 Å². The van der Waals surface area contributed by atoms with Crippen molar-refractivity contribution >= 4 is 16.0 Å². The predicted octanol–water partition coefficient (Wildman–Crippen LogP) is 1.25. The molecule has 0 amide bonds. The summed E-state index contributed by atoms with van der Waals surface area (Å²) < 4.78 is 38.2. The van der Waals surface area contributed by atoms with Crippen LogP contribution in [0.25, 0.3) is 0 Å². The maximum absolute atomic E-state index is 13.1. The topological polar surface area (TPSA) is 82.6 Å². The molecule has 1 aromatic rings. The Balaban J connectivity index is 2.34. The molecule has 0 saturated heterocycles. The summed E-state index contributed by atoms with van der Waals surface area (Å²) in [6.45, 7) is 5.83. The number of halogens is 1. The van der Waals surface area contributed by atoms with Gasteiger partial charge in [0.15, 0.2) is 5.96 Å². The van der Waals surface area contributed by atoms with E-state index in [1.165, 1.54) is 12.1 Å². The Hall–Kier alpha value is -1.67. The van der Waals surface area contributed by atoms with Crippen molar-refractivity contribution in [2.45, 2.75) is 26.7 Å². The first kappa shape index (κ1) is 20.4. The monoisotopic (exact) mass is 358 g/mol. The maximum Gasteiger partial charge on any atom is 0.211 e. The third-order valence-electron chi connectivity index (χ3n) is 3.25. The van der Waals surface area contributed by atoms with Gasteiger partial charge in [-0.15, -0.1) is 0 Å². The molecule has 0 saturated carbocycles. The number of sulfonamides is 1. The van der Waals surface area contributed by atoms with Crippen molar-refractivity contribution in [3.05, 3.63) is 35.6 Å². The number of aliphatic imine (C=N–C) groups is 1. The van der Waals surface area contributed by atoms with Gasteiger partial charge in [-0.3, -0.25) is 4.99 Å². The normalized spacial score (nSPS) is 12.2. The van der Waals surface area contributed by atoms with Crippen LogP contribution in [0, 0.1) is 5.82 Å². The molecule has 0 aromatic heterocycles. The second-order valence-electron chi connectivity index (χ2n) is 5.22. The van der Waals surface area contributed by atoms with E-state index in [1.54, 1.807) is 13.0 Å². The first-order valence-corrected chi connectivity index (χ1v) is 9.86. The van der Waals surface area contributed by atoms with Gasteiger partial charge in [0.1, 0.15) is 5.82 Å². The number of rotatable bonds is 10. The van der Waals surface area contributed by atoms with Crippen LogP contribution in [0.3, 0.4) is 0 Å². The van der Waals surface area contributed by atoms with Gasteiger partial charge in [0.2, 0.25) is 10.0 Å². The van der Waals surface area contributed by atoms with Gasteiger partial charge in [-0.05, 0) is 44.4 Å². The molecular weight excluding hydrogens is 331 g/mol. The Morgan fingerprint density at radius 2 is 2.00 bits per heavy atom. The minimum absolute atomic E-state index is 0.0839. The minimum atomic E-state index is -3.14. The lowest BCUT2D eigenvalue weighted by atomic mass is 10.1. The molecular formula is C16H27FN4O2S. The van der Waals surface area contributed by atoms with E-state index in [-0.39, 0.29) is 11.6 Å². The molecule has 136 valence electrons. The molecule has 0 bridgehead atoms. The Morgan fingerprint density at radius 1 is 1.21 bits per heavy atom. The Labute approximate surface area is 144 Å². The molecule has 0 spiro atoms. The molecule has 6 nitrogen and oxygen atoms in total. The summed E-state index contributed by atoms with van der Waals surface area (Å²) in [6.07, 6.45) is 1.32. The lowest BCUT2D eigenvalue weighted by Gasteiger charge is -2.11. The lowest BCUT2D eigenvalue weighted by molar-refractivity contribution is 0.581. The first-order chi connectivity index (χ1) is 11.5. The highest BCUT2D eigenvalue weighted by Crippen LogP contribution is 2.03. The summed E-state index contributed by atoms with van der Waals surface area (Å²) in [6, 6.07) is 6.52. The van der Waals surface area contributed by atoms with Crippen molar-refractivity contribution in [2.75, 3.05) is 31.9 Å². The molecule has 0 unspecified atom stereocenters. The summed E-state index contributed by atoms with van der Waals surface area (Å²) in [5.74, 6) is 0.524. The number of nitrogens with zero attached hydrogens (tertiary/aromatic N) is 1. The van der Waals surface area contributed by atoms with Gasteiger partial charge in [-0.25, -0.2) is 17.5 Å². The SMILES string of the molecule is CCNC(=NCCCNS(=O)(=O)CC)NCCc1cccc(F)c1. The van der Waals surface area contributed by atoms with Crippen LogP contribution in [0.5, 0.6) is 0 Å². The van der Waals surface area contributed by atoms with Crippen LogP contribution in [-0.4, -0.2) is 46.3 Å². The molecule has 0 aliphatic carbocycles. The highest BCUT2D eigenvalue weighted by molar-refractivity contribution is 7.89. The van der Waals surface area contributed by atoms with E-state index < -0.39 is 10.0 Å². The highest BCUT2D eigenvalue weighted by atomic mass is 32.2. The van der Waals surface area contributed by atoms with Crippen molar-refractivity contribution in [3.63, 3.8) is 0 Å². The zero-order valence-electron chi connectivity index (χ0n) is 14.3. The Morgan fingerprint density at radius 3 is 2.67 bits per heavy atom. The Bertz CT molecular complexity index is 620. The van der Waals surface area contributed by atoms with Crippen molar-refractivity contribution in [3.8, 4) is 0 Å². The Kier molecular flexibility index (Phi) is 9.33. The molecule has 0 fully saturated rings. The standard InChI is InChI=1S/C16H27FN4O2S/c1-3-18-16(19-10-6-11-21-24(22,23)4-2)20-12-9-14-7-5-8-15(17)13-14/h5,7-8,13,21H,3-4,6,9-12H2,1-2H3,(H2,18,19,20). The lowest BCUT2D eigenvalue weighted by Crippen LogP contribution is -2.38. The van der Waals surface area contributed by atoms with Gasteiger partial charge in [-0.2, -0.15) is 0 Å². The zero-order chi connectivity index (χ0) is 17.8. The first-order valence-electron chi connectivity index (χ1n) is 8.20. The number of nitrogens with one attached hydrogen (secondary N) is 3. The molecule has 1 rings (SSSR count). The quantitative estimate of drug-likeness (QED) is 0.334. The van der Waals surface area contributed by atoms with Crippen LogP contribution < -0.4 is 15.4 Å². The second kappa shape index (κ2) is 11.0. The molecule has 24 heavy (non-hydrogen) atoms. The van der Waals surface area contributed by atoms with Crippen LogP contribution in [0.1, 0.15) is 25.8 Å². The van der Waals surface area contributed by atoms with E-state index in [1.807, 2.05) is 13.0 Å². The second-order valence-corrected chi connectivity index (χ2v) is 7.31. The van der Waals surface area contributed by atoms with E-state index in [0.29, 0.717) is 38.4 Å². The van der Waals surface area contributed by atoms with E-state index in [9.17, 15) is 12.8 Å². The smallest absolute Gasteiger partial charge is 0.211 e. The summed E-state index contributed by atoms with van der Waals surface area (Å²) in [5.41, 5.74) is 0.923. The molecule has 0 radical (unpaired) electrons. The molecule has 3 N–H and O–H groups in total. The molecule has 0 heterocycles. The zero-order valence-corrected chi connectivity index (χ0v) is 15.1. The molecule has 0 aliphatic heterocycles. The van der Waals surface area contributed by atoms with Crippen LogP contribution >= 0.6 is 0 Å².